The molecule has 2 fully saturated rings. The van der Waals surface area contributed by atoms with Crippen LogP contribution in [0.3, 0.4) is 0 Å². The number of nitrogens with one attached hydrogen (secondary N) is 1. The van der Waals surface area contributed by atoms with E-state index in [2.05, 4.69) is 41.4 Å². The molecule has 1 heterocycles. The van der Waals surface area contributed by atoms with Gasteiger partial charge in [0.05, 0.1) is 13.2 Å². The van der Waals surface area contributed by atoms with Gasteiger partial charge in [-0.15, -0.1) is 0 Å². The quantitative estimate of drug-likeness (QED) is 0.670. The molecular formula is C19H29N3O. The lowest BCUT2D eigenvalue weighted by molar-refractivity contribution is 0.151. The highest BCUT2D eigenvalue weighted by atomic mass is 16.5. The van der Waals surface area contributed by atoms with Crippen LogP contribution in [0, 0.1) is 5.41 Å². The number of benzene rings is 1. The third-order valence-corrected chi connectivity index (χ3v) is 5.20. The second-order valence-electron chi connectivity index (χ2n) is 6.95. The van der Waals surface area contributed by atoms with Crippen LogP contribution < -0.4 is 5.32 Å². The number of guanidine groups is 1. The lowest BCUT2D eigenvalue weighted by Gasteiger charge is -2.38. The molecule has 0 amide bonds. The Kier molecular flexibility index (Phi) is 5.21. The first-order valence-electron chi connectivity index (χ1n) is 8.85. The summed E-state index contributed by atoms with van der Waals surface area (Å²) in [6.07, 6.45) is 5.55. The summed E-state index contributed by atoms with van der Waals surface area (Å²) in [7, 11) is 1.73. The summed E-state index contributed by atoms with van der Waals surface area (Å²) in [5, 5.41) is 3.47. The summed E-state index contributed by atoms with van der Waals surface area (Å²) in [4.78, 5) is 7.34. The van der Waals surface area contributed by atoms with E-state index in [1.807, 2.05) is 0 Å². The number of ether oxygens (including phenoxy) is 1. The molecule has 23 heavy (non-hydrogen) atoms. The fourth-order valence-electron chi connectivity index (χ4n) is 3.78. The summed E-state index contributed by atoms with van der Waals surface area (Å²) in [5.74, 6) is 1.08. The van der Waals surface area contributed by atoms with Gasteiger partial charge in [-0.1, -0.05) is 30.7 Å². The second-order valence-corrected chi connectivity index (χ2v) is 6.95. The van der Waals surface area contributed by atoms with Crippen LogP contribution in [0.25, 0.3) is 0 Å². The van der Waals surface area contributed by atoms with Crippen LogP contribution in [0.2, 0.25) is 0 Å². The van der Waals surface area contributed by atoms with Crippen molar-refractivity contribution in [3.05, 3.63) is 35.4 Å². The zero-order valence-corrected chi connectivity index (χ0v) is 14.5. The molecule has 1 aliphatic heterocycles. The number of nitrogens with zero attached hydrogens (tertiary/aromatic N) is 2. The summed E-state index contributed by atoms with van der Waals surface area (Å²) in [6, 6.07) is 8.52. The molecule has 2 aliphatic rings. The number of hydrogen-bond acceptors (Lipinski definition) is 2. The Hall–Kier alpha value is -1.55. The number of rotatable bonds is 5. The summed E-state index contributed by atoms with van der Waals surface area (Å²) in [5.41, 5.74) is 3.06. The molecule has 0 atom stereocenters. The molecule has 126 valence electrons. The highest BCUT2D eigenvalue weighted by molar-refractivity contribution is 5.80. The molecule has 1 saturated heterocycles. The average Bonchev–Trinajstić information content (AvgIpc) is 2.98. The van der Waals surface area contributed by atoms with Gasteiger partial charge in [0, 0.05) is 26.7 Å². The van der Waals surface area contributed by atoms with Crippen LogP contribution in [-0.4, -0.2) is 37.6 Å². The molecule has 1 aliphatic carbocycles. The molecule has 4 heteroatoms. The Balaban J connectivity index is 1.66. The summed E-state index contributed by atoms with van der Waals surface area (Å²) >= 11 is 0. The van der Waals surface area contributed by atoms with Gasteiger partial charge in [0.2, 0.25) is 0 Å². The zero-order valence-electron chi connectivity index (χ0n) is 14.5. The predicted octanol–water partition coefficient (Wildman–Crippen LogP) is 3.17. The van der Waals surface area contributed by atoms with Gasteiger partial charge in [-0.25, -0.2) is 4.99 Å². The van der Waals surface area contributed by atoms with Gasteiger partial charge in [-0.05, 0) is 42.7 Å². The van der Waals surface area contributed by atoms with Crippen molar-refractivity contribution in [2.45, 2.75) is 45.8 Å². The fraction of sp³-hybridized carbons (Fsp3) is 0.632. The highest BCUT2D eigenvalue weighted by Crippen LogP contribution is 2.47. The smallest absolute Gasteiger partial charge is 0.194 e. The van der Waals surface area contributed by atoms with Gasteiger partial charge in [0.1, 0.15) is 0 Å². The molecule has 3 rings (SSSR count). The zero-order chi connectivity index (χ0) is 16.1. The maximum Gasteiger partial charge on any atom is 0.194 e. The van der Waals surface area contributed by atoms with Gasteiger partial charge in [-0.2, -0.15) is 0 Å². The molecule has 1 aromatic rings. The fourth-order valence-corrected chi connectivity index (χ4v) is 3.78. The van der Waals surface area contributed by atoms with Gasteiger partial charge in [0.15, 0.2) is 5.96 Å². The molecule has 0 unspecified atom stereocenters. The van der Waals surface area contributed by atoms with Crippen molar-refractivity contribution in [2.75, 3.05) is 26.7 Å². The minimum Gasteiger partial charge on any atom is -0.380 e. The van der Waals surface area contributed by atoms with Gasteiger partial charge >= 0.3 is 0 Å². The molecule has 4 nitrogen and oxygen atoms in total. The molecule has 0 bridgehead atoms. The molecular weight excluding hydrogens is 286 g/mol. The Bertz CT molecular complexity index is 551. The number of likely N-dealkylation sites (tertiary alicyclic amines) is 1. The van der Waals surface area contributed by atoms with E-state index in [1.165, 1.54) is 43.4 Å². The van der Waals surface area contributed by atoms with Gasteiger partial charge in [0.25, 0.3) is 0 Å². The Morgan fingerprint density at radius 3 is 2.78 bits per heavy atom. The predicted molar refractivity (Wildman–Crippen MR) is 94.4 cm³/mol. The number of hydrogen-bond donors (Lipinski definition) is 1. The average molecular weight is 315 g/mol. The number of methoxy groups -OCH3 is 1. The van der Waals surface area contributed by atoms with E-state index < -0.39 is 0 Å². The van der Waals surface area contributed by atoms with E-state index >= 15 is 0 Å². The molecule has 0 radical (unpaired) electrons. The Morgan fingerprint density at radius 1 is 1.30 bits per heavy atom. The minimum atomic E-state index is 0.606. The molecule has 1 saturated carbocycles. The van der Waals surface area contributed by atoms with Crippen LogP contribution >= 0.6 is 0 Å². The largest absolute Gasteiger partial charge is 0.380 e. The van der Waals surface area contributed by atoms with E-state index in [1.54, 1.807) is 7.11 Å². The van der Waals surface area contributed by atoms with Gasteiger partial charge in [-0.3, -0.25) is 0 Å². The second kappa shape index (κ2) is 7.35. The van der Waals surface area contributed by atoms with E-state index in [9.17, 15) is 0 Å². The first kappa shape index (κ1) is 16.3. The van der Waals surface area contributed by atoms with Gasteiger partial charge < -0.3 is 15.0 Å². The highest BCUT2D eigenvalue weighted by Gasteiger charge is 2.43. The molecule has 1 spiro atoms. The van der Waals surface area contributed by atoms with Crippen molar-refractivity contribution in [2.24, 2.45) is 10.4 Å². The third kappa shape index (κ3) is 3.86. The Labute approximate surface area is 139 Å². The maximum absolute atomic E-state index is 5.21. The topological polar surface area (TPSA) is 36.9 Å². The molecule has 1 aromatic carbocycles. The monoisotopic (exact) mass is 315 g/mol. The number of aliphatic imine (C=N–C) groups is 1. The Morgan fingerprint density at radius 2 is 2.13 bits per heavy atom. The third-order valence-electron chi connectivity index (χ3n) is 5.20. The van der Waals surface area contributed by atoms with Crippen LogP contribution in [-0.2, 0) is 17.9 Å². The summed E-state index contributed by atoms with van der Waals surface area (Å²) < 4.78 is 5.21. The molecule has 0 aromatic heterocycles. The lowest BCUT2D eigenvalue weighted by Crippen LogP contribution is -2.42. The first-order valence-corrected chi connectivity index (χ1v) is 8.85. The van der Waals surface area contributed by atoms with Crippen molar-refractivity contribution in [3.63, 3.8) is 0 Å². The van der Waals surface area contributed by atoms with Crippen LogP contribution in [0.15, 0.2) is 29.3 Å². The van der Waals surface area contributed by atoms with E-state index in [0.717, 1.165) is 25.6 Å². The summed E-state index contributed by atoms with van der Waals surface area (Å²) in [6.45, 7) is 6.78. The molecule has 1 N–H and O–H groups in total. The normalized spacial score (nSPS) is 19.9. The van der Waals surface area contributed by atoms with Crippen LogP contribution in [0.1, 0.15) is 43.7 Å². The van der Waals surface area contributed by atoms with Crippen LogP contribution in [0.5, 0.6) is 0 Å². The van der Waals surface area contributed by atoms with E-state index in [-0.39, 0.29) is 0 Å². The lowest BCUT2D eigenvalue weighted by atomic mass is 9.68. The minimum absolute atomic E-state index is 0.606. The van der Waals surface area contributed by atoms with Crippen molar-refractivity contribution in [1.29, 1.82) is 0 Å². The maximum atomic E-state index is 5.21. The standard InChI is InChI=1S/C19H29N3O/c1-3-20-18(22-11-10-19(15-22)8-5-9-19)21-13-16-6-4-7-17(12-16)14-23-2/h4,6-7,12H,3,5,8-11,13-15H2,1-2H3,(H,20,21). The van der Waals surface area contributed by atoms with Crippen molar-refractivity contribution < 1.29 is 4.74 Å². The van der Waals surface area contributed by atoms with Crippen LogP contribution in [0.4, 0.5) is 0 Å². The SMILES string of the molecule is CCNC(=NCc1cccc(COC)c1)N1CCC2(CCC2)C1. The van der Waals surface area contributed by atoms with Crippen molar-refractivity contribution in [1.82, 2.24) is 10.2 Å². The van der Waals surface area contributed by atoms with E-state index in [4.69, 9.17) is 9.73 Å². The first-order chi connectivity index (χ1) is 11.2. The van der Waals surface area contributed by atoms with E-state index in [0.29, 0.717) is 12.0 Å². The van der Waals surface area contributed by atoms with Crippen molar-refractivity contribution >= 4 is 5.96 Å². The van der Waals surface area contributed by atoms with Crippen molar-refractivity contribution in [3.8, 4) is 0 Å².